The number of rotatable bonds is 13. The largest absolute Gasteiger partial charge is 0.496 e. The van der Waals surface area contributed by atoms with Crippen LogP contribution in [-0.4, -0.2) is 85.1 Å². The maximum Gasteiger partial charge on any atom is 0.186 e. The van der Waals surface area contributed by atoms with Crippen molar-refractivity contribution >= 4 is 0 Å². The maximum absolute atomic E-state index is 10.1. The van der Waals surface area contributed by atoms with Crippen LogP contribution in [0.2, 0.25) is 0 Å². The molecule has 10 nitrogen and oxygen atoms in total. The first-order valence-electron chi connectivity index (χ1n) is 13.5. The molecule has 5 atom stereocenters. The van der Waals surface area contributed by atoms with Gasteiger partial charge in [-0.2, -0.15) is 0 Å². The summed E-state index contributed by atoms with van der Waals surface area (Å²) in [5.41, 5.74) is 5.35. The van der Waals surface area contributed by atoms with E-state index in [1.165, 1.54) is 5.56 Å². The van der Waals surface area contributed by atoms with E-state index >= 15 is 0 Å². The van der Waals surface area contributed by atoms with Gasteiger partial charge in [-0.15, -0.1) is 0 Å². The van der Waals surface area contributed by atoms with E-state index in [9.17, 15) is 20.4 Å². The van der Waals surface area contributed by atoms with Gasteiger partial charge in [-0.25, -0.2) is 0 Å². The lowest BCUT2D eigenvalue weighted by Gasteiger charge is -2.39. The Morgan fingerprint density at radius 2 is 1.59 bits per heavy atom. The van der Waals surface area contributed by atoms with E-state index in [2.05, 4.69) is 36.5 Å². The zero-order valence-corrected chi connectivity index (χ0v) is 23.5. The van der Waals surface area contributed by atoms with Crippen LogP contribution in [-0.2, 0) is 22.6 Å². The van der Waals surface area contributed by atoms with Crippen molar-refractivity contribution in [3.8, 4) is 28.4 Å². The second-order valence-electron chi connectivity index (χ2n) is 9.80. The lowest BCUT2D eigenvalue weighted by atomic mass is 9.97. The highest BCUT2D eigenvalue weighted by Gasteiger charge is 2.43. The molecule has 0 radical (unpaired) electrons. The zero-order chi connectivity index (χ0) is 29.4. The number of ether oxygens (including phenoxy) is 5. The highest BCUT2D eigenvalue weighted by Crippen LogP contribution is 2.35. The molecule has 1 aliphatic rings. The van der Waals surface area contributed by atoms with Crippen molar-refractivity contribution in [3.05, 3.63) is 77.4 Å². The summed E-state index contributed by atoms with van der Waals surface area (Å²) < 4.78 is 28.3. The van der Waals surface area contributed by atoms with Crippen LogP contribution in [0.5, 0.6) is 17.2 Å². The van der Waals surface area contributed by atoms with Gasteiger partial charge in [0.1, 0.15) is 48.3 Å². The monoisotopic (exact) mass is 569 g/mol. The topological polar surface area (TPSA) is 139 Å². The molecule has 222 valence electrons. The Labute approximate surface area is 240 Å². The SMILES string of the molecule is COc1cc(OCc2cccc(-c3ccccc3)c2C)cc(OC)c1CNCCO[C@@H]1O[C@H](CO)[C@@H](O)[C@H](O)[C@H]1O. The first-order valence-corrected chi connectivity index (χ1v) is 13.5. The fraction of sp³-hybridized carbons (Fsp3) is 0.419. The number of hydrogen-bond donors (Lipinski definition) is 5. The van der Waals surface area contributed by atoms with Crippen LogP contribution in [0.25, 0.3) is 11.1 Å². The molecule has 3 aromatic carbocycles. The molecule has 0 aliphatic carbocycles. The lowest BCUT2D eigenvalue weighted by molar-refractivity contribution is -0.300. The van der Waals surface area contributed by atoms with E-state index in [0.29, 0.717) is 36.9 Å². The summed E-state index contributed by atoms with van der Waals surface area (Å²) in [5.74, 6) is 1.80. The van der Waals surface area contributed by atoms with Gasteiger partial charge in [0.2, 0.25) is 0 Å². The van der Waals surface area contributed by atoms with Crippen LogP contribution >= 0.6 is 0 Å². The predicted octanol–water partition coefficient (Wildman–Crippen LogP) is 2.16. The van der Waals surface area contributed by atoms with Crippen molar-refractivity contribution in [1.29, 1.82) is 0 Å². The maximum atomic E-state index is 10.1. The fourth-order valence-electron chi connectivity index (χ4n) is 4.81. The molecule has 1 saturated heterocycles. The van der Waals surface area contributed by atoms with Gasteiger partial charge in [0.25, 0.3) is 0 Å². The minimum atomic E-state index is -1.48. The predicted molar refractivity (Wildman–Crippen MR) is 152 cm³/mol. The highest BCUT2D eigenvalue weighted by molar-refractivity contribution is 5.68. The van der Waals surface area contributed by atoms with Crippen LogP contribution in [0.1, 0.15) is 16.7 Å². The first-order chi connectivity index (χ1) is 19.9. The highest BCUT2D eigenvalue weighted by atomic mass is 16.7. The average Bonchev–Trinajstić information content (AvgIpc) is 3.00. The summed E-state index contributed by atoms with van der Waals surface area (Å²) in [6, 6.07) is 20.1. The van der Waals surface area contributed by atoms with Crippen LogP contribution in [0.3, 0.4) is 0 Å². The number of benzene rings is 3. The van der Waals surface area contributed by atoms with Crippen molar-refractivity contribution in [2.45, 2.75) is 50.8 Å². The third kappa shape index (κ3) is 7.35. The van der Waals surface area contributed by atoms with Crippen molar-refractivity contribution in [2.24, 2.45) is 0 Å². The Bertz CT molecular complexity index is 1230. The molecule has 0 unspecified atom stereocenters. The molecule has 0 saturated carbocycles. The number of aliphatic hydroxyl groups is 4. The normalized spacial score (nSPS) is 22.4. The van der Waals surface area contributed by atoms with Crippen LogP contribution in [0.15, 0.2) is 60.7 Å². The van der Waals surface area contributed by atoms with Gasteiger partial charge in [0, 0.05) is 25.2 Å². The van der Waals surface area contributed by atoms with Gasteiger partial charge >= 0.3 is 0 Å². The molecule has 1 fully saturated rings. The van der Waals surface area contributed by atoms with Gasteiger partial charge in [-0.3, -0.25) is 0 Å². The molecule has 0 aromatic heterocycles. The van der Waals surface area contributed by atoms with E-state index in [1.807, 2.05) is 36.4 Å². The van der Waals surface area contributed by atoms with E-state index in [0.717, 1.165) is 22.3 Å². The summed E-state index contributed by atoms with van der Waals surface area (Å²) in [6.45, 7) is 2.86. The van der Waals surface area contributed by atoms with Gasteiger partial charge in [-0.1, -0.05) is 48.5 Å². The molecule has 1 heterocycles. The minimum absolute atomic E-state index is 0.135. The number of hydrogen-bond acceptors (Lipinski definition) is 10. The molecule has 41 heavy (non-hydrogen) atoms. The molecule has 0 bridgehead atoms. The number of aliphatic hydroxyl groups excluding tert-OH is 4. The number of nitrogens with one attached hydrogen (secondary N) is 1. The lowest BCUT2D eigenvalue weighted by Crippen LogP contribution is -2.59. The summed E-state index contributed by atoms with van der Waals surface area (Å²) in [6.07, 6.45) is -6.54. The second-order valence-corrected chi connectivity index (χ2v) is 9.80. The molecule has 5 N–H and O–H groups in total. The molecule has 0 spiro atoms. The molecular weight excluding hydrogens is 530 g/mol. The summed E-state index contributed by atoms with van der Waals surface area (Å²) in [7, 11) is 3.16. The second kappa shape index (κ2) is 14.6. The molecular formula is C31H39NO9. The summed E-state index contributed by atoms with van der Waals surface area (Å²) in [5, 5.41) is 42.5. The van der Waals surface area contributed by atoms with E-state index in [1.54, 1.807) is 14.2 Å². The van der Waals surface area contributed by atoms with Crippen molar-refractivity contribution in [1.82, 2.24) is 5.32 Å². The number of methoxy groups -OCH3 is 2. The van der Waals surface area contributed by atoms with Crippen molar-refractivity contribution in [2.75, 3.05) is 34.0 Å². The van der Waals surface area contributed by atoms with E-state index in [4.69, 9.17) is 23.7 Å². The van der Waals surface area contributed by atoms with E-state index in [-0.39, 0.29) is 6.61 Å². The van der Waals surface area contributed by atoms with Crippen LogP contribution < -0.4 is 19.5 Å². The zero-order valence-electron chi connectivity index (χ0n) is 23.5. The van der Waals surface area contributed by atoms with Crippen molar-refractivity contribution < 1.29 is 44.1 Å². The van der Waals surface area contributed by atoms with Gasteiger partial charge in [0.05, 0.1) is 33.0 Å². The fourth-order valence-corrected chi connectivity index (χ4v) is 4.81. The van der Waals surface area contributed by atoms with Crippen LogP contribution in [0.4, 0.5) is 0 Å². The quantitative estimate of drug-likeness (QED) is 0.195. The first kappa shape index (κ1) is 30.7. The Hall–Kier alpha value is -3.22. The Kier molecular flexibility index (Phi) is 10.9. The third-order valence-corrected chi connectivity index (χ3v) is 7.22. The Balaban J connectivity index is 1.35. The Morgan fingerprint density at radius 3 is 2.24 bits per heavy atom. The minimum Gasteiger partial charge on any atom is -0.496 e. The van der Waals surface area contributed by atoms with Crippen LogP contribution in [0, 0.1) is 6.92 Å². The van der Waals surface area contributed by atoms with Gasteiger partial charge in [-0.05, 0) is 29.2 Å². The standard InChI is InChI=1S/C31H39NO9/c1-19-21(10-7-11-23(19)20-8-5-4-6-9-20)18-40-22-14-25(37-2)24(26(15-22)38-3)16-32-12-13-39-31-30(36)29(35)28(34)27(17-33)41-31/h4-11,14-15,27-36H,12-13,16-18H2,1-3H3/t27-,28-,29+,30-,31-/m1/s1. The average molecular weight is 570 g/mol. The summed E-state index contributed by atoms with van der Waals surface area (Å²) in [4.78, 5) is 0. The third-order valence-electron chi connectivity index (χ3n) is 7.22. The van der Waals surface area contributed by atoms with Gasteiger partial charge in [0.15, 0.2) is 6.29 Å². The summed E-state index contributed by atoms with van der Waals surface area (Å²) >= 11 is 0. The molecule has 10 heteroatoms. The van der Waals surface area contributed by atoms with Crippen molar-refractivity contribution in [3.63, 3.8) is 0 Å². The molecule has 0 amide bonds. The Morgan fingerprint density at radius 1 is 0.878 bits per heavy atom. The van der Waals surface area contributed by atoms with Gasteiger partial charge < -0.3 is 49.4 Å². The smallest absolute Gasteiger partial charge is 0.186 e. The molecule has 1 aliphatic heterocycles. The van der Waals surface area contributed by atoms with E-state index < -0.39 is 37.3 Å². The molecule has 3 aromatic rings. The molecule has 4 rings (SSSR count).